The van der Waals surface area contributed by atoms with Crippen molar-refractivity contribution >= 4 is 12.4 Å². The highest BCUT2D eigenvalue weighted by atomic mass is 16.6. The first-order valence-corrected chi connectivity index (χ1v) is 7.61. The van der Waals surface area contributed by atoms with E-state index in [1.165, 1.54) is 0 Å². The predicted octanol–water partition coefficient (Wildman–Crippen LogP) is 1.47. The number of hydrogen-bond acceptors (Lipinski definition) is 7. The molecule has 0 heterocycles. The summed E-state index contributed by atoms with van der Waals surface area (Å²) < 4.78 is 13.8. The second kappa shape index (κ2) is 13.5. The van der Waals surface area contributed by atoms with Gasteiger partial charge in [-0.1, -0.05) is 31.5 Å². The third-order valence-electron chi connectivity index (χ3n) is 3.05. The summed E-state index contributed by atoms with van der Waals surface area (Å²) in [6.45, 7) is 1.90. The van der Waals surface area contributed by atoms with Gasteiger partial charge >= 0.3 is 5.97 Å². The van der Waals surface area contributed by atoms with Gasteiger partial charge < -0.3 is 24.4 Å². The van der Waals surface area contributed by atoms with Crippen LogP contribution in [0.5, 0.6) is 0 Å². The Labute approximate surface area is 142 Å². The molecule has 1 aromatic carbocycles. The van der Waals surface area contributed by atoms with Gasteiger partial charge in [0.05, 0.1) is 24.7 Å². The number of aliphatic hydroxyl groups is 2. The van der Waals surface area contributed by atoms with E-state index in [2.05, 4.69) is 9.47 Å². The van der Waals surface area contributed by atoms with Gasteiger partial charge in [0.2, 0.25) is 6.29 Å². The first-order chi connectivity index (χ1) is 11.6. The maximum Gasteiger partial charge on any atom is 0.338 e. The zero-order valence-electron chi connectivity index (χ0n) is 14.3. The minimum atomic E-state index is -1.53. The summed E-state index contributed by atoms with van der Waals surface area (Å²) in [7, 11) is 3.25. The lowest BCUT2D eigenvalue weighted by Gasteiger charge is -2.21. The van der Waals surface area contributed by atoms with Crippen molar-refractivity contribution in [3.63, 3.8) is 0 Å². The average Bonchev–Trinajstić information content (AvgIpc) is 2.57. The zero-order valence-corrected chi connectivity index (χ0v) is 14.3. The molecule has 2 atom stereocenters. The number of carbonyl (C=O) groups is 2. The van der Waals surface area contributed by atoms with E-state index in [0.29, 0.717) is 12.2 Å². The molecule has 0 aliphatic carbocycles. The van der Waals surface area contributed by atoms with Crippen molar-refractivity contribution in [3.8, 4) is 0 Å². The second-order valence-electron chi connectivity index (χ2n) is 4.90. The fourth-order valence-electron chi connectivity index (χ4n) is 1.89. The number of aliphatic hydroxyl groups excluding tert-OH is 2. The number of carbonyl (C=O) groups excluding carboxylic acids is 2. The van der Waals surface area contributed by atoms with Gasteiger partial charge in [-0.05, 0) is 18.1 Å². The molecule has 1 rings (SSSR count). The largest absolute Gasteiger partial charge is 0.462 e. The van der Waals surface area contributed by atoms with Gasteiger partial charge in [0.25, 0.3) is 6.47 Å². The fraction of sp³-hybridized carbons (Fsp3) is 0.529. The van der Waals surface area contributed by atoms with Gasteiger partial charge in [-0.25, -0.2) is 4.79 Å². The Bertz CT molecular complexity index is 476. The fourth-order valence-corrected chi connectivity index (χ4v) is 1.89. The molecule has 7 heteroatoms. The molecular weight excluding hydrogens is 316 g/mol. The molecule has 0 aliphatic rings. The molecule has 2 N–H and O–H groups in total. The van der Waals surface area contributed by atoms with E-state index in [-0.39, 0.29) is 12.0 Å². The molecule has 0 saturated heterocycles. The maximum absolute atomic E-state index is 12.0. The summed E-state index contributed by atoms with van der Waals surface area (Å²) in [5, 5.41) is 19.1. The Hall–Kier alpha value is -1.96. The van der Waals surface area contributed by atoms with Crippen LogP contribution in [0.25, 0.3) is 0 Å². The third-order valence-corrected chi connectivity index (χ3v) is 3.05. The lowest BCUT2D eigenvalue weighted by atomic mass is 9.94. The van der Waals surface area contributed by atoms with Crippen molar-refractivity contribution in [3.05, 3.63) is 35.4 Å². The normalized spacial score (nSPS) is 12.4. The topological polar surface area (TPSA) is 102 Å². The van der Waals surface area contributed by atoms with E-state index >= 15 is 0 Å². The van der Waals surface area contributed by atoms with Crippen molar-refractivity contribution in [2.45, 2.75) is 32.0 Å². The molecule has 0 radical (unpaired) electrons. The molecule has 0 spiro atoms. The van der Waals surface area contributed by atoms with Crippen molar-refractivity contribution < 1.29 is 34.0 Å². The van der Waals surface area contributed by atoms with Crippen LogP contribution in [0, 0.1) is 0 Å². The molecule has 136 valence electrons. The number of rotatable bonds is 9. The summed E-state index contributed by atoms with van der Waals surface area (Å²) >= 11 is 0. The summed E-state index contributed by atoms with van der Waals surface area (Å²) in [6.07, 6.45) is 0.131. The van der Waals surface area contributed by atoms with Gasteiger partial charge in [-0.2, -0.15) is 0 Å². The van der Waals surface area contributed by atoms with E-state index < -0.39 is 24.8 Å². The molecule has 0 aliphatic heterocycles. The second-order valence-corrected chi connectivity index (χ2v) is 4.90. The van der Waals surface area contributed by atoms with E-state index in [1.54, 1.807) is 38.5 Å². The van der Waals surface area contributed by atoms with Crippen molar-refractivity contribution in [1.29, 1.82) is 0 Å². The average molecular weight is 342 g/mol. The highest BCUT2D eigenvalue weighted by Crippen LogP contribution is 2.24. The minimum Gasteiger partial charge on any atom is -0.462 e. The first kappa shape index (κ1) is 22.0. The number of benzene rings is 1. The van der Waals surface area contributed by atoms with Crippen molar-refractivity contribution in [2.75, 3.05) is 27.4 Å². The molecular formula is C17H26O7. The quantitative estimate of drug-likeness (QED) is 0.303. The lowest BCUT2D eigenvalue weighted by Crippen LogP contribution is -2.26. The number of ether oxygens (including phenoxy) is 3. The van der Waals surface area contributed by atoms with Crippen LogP contribution >= 0.6 is 0 Å². The van der Waals surface area contributed by atoms with Gasteiger partial charge in [0.1, 0.15) is 0 Å². The summed E-state index contributed by atoms with van der Waals surface area (Å²) in [6, 6.07) is 6.43. The Morgan fingerprint density at radius 2 is 1.92 bits per heavy atom. The number of methoxy groups -OCH3 is 1. The number of hydrogen-bond donors (Lipinski definition) is 2. The molecule has 0 aromatic heterocycles. The van der Waals surface area contributed by atoms with Crippen LogP contribution in [0.2, 0.25) is 0 Å². The third kappa shape index (κ3) is 7.54. The minimum absolute atomic E-state index is 0.0928. The summed E-state index contributed by atoms with van der Waals surface area (Å²) in [5.41, 5.74) is 0.608. The van der Waals surface area contributed by atoms with Crippen LogP contribution in [0.3, 0.4) is 0 Å². The Morgan fingerprint density at radius 3 is 2.46 bits per heavy atom. The maximum atomic E-state index is 12.0. The Balaban J connectivity index is 0.00000163. The molecule has 0 fully saturated rings. The molecule has 7 nitrogen and oxygen atoms in total. The van der Waals surface area contributed by atoms with Crippen LogP contribution in [0.15, 0.2) is 24.3 Å². The van der Waals surface area contributed by atoms with Crippen molar-refractivity contribution in [1.82, 2.24) is 0 Å². The zero-order chi connectivity index (χ0) is 18.4. The van der Waals surface area contributed by atoms with Crippen LogP contribution in [-0.4, -0.2) is 56.4 Å². The predicted molar refractivity (Wildman–Crippen MR) is 87.5 cm³/mol. The molecule has 0 amide bonds. The van der Waals surface area contributed by atoms with Crippen molar-refractivity contribution in [2.24, 2.45) is 0 Å². The molecule has 24 heavy (non-hydrogen) atoms. The molecule has 0 bridgehead atoms. The monoisotopic (exact) mass is 342 g/mol. The Kier molecular flexibility index (Phi) is 12.4. The summed E-state index contributed by atoms with van der Waals surface area (Å²) in [4.78, 5) is 22.4. The van der Waals surface area contributed by atoms with Crippen LogP contribution in [-0.2, 0) is 19.0 Å². The SMILES string of the molecule is CCCCOC(=O)c1ccccc1C(CO)C(O)OC=O.COC. The van der Waals surface area contributed by atoms with E-state index in [4.69, 9.17) is 4.74 Å². The van der Waals surface area contributed by atoms with Gasteiger partial charge in [0.15, 0.2) is 0 Å². The van der Waals surface area contributed by atoms with Gasteiger partial charge in [-0.3, -0.25) is 4.79 Å². The van der Waals surface area contributed by atoms with Crippen LogP contribution in [0.4, 0.5) is 0 Å². The lowest BCUT2D eigenvalue weighted by molar-refractivity contribution is -0.157. The van der Waals surface area contributed by atoms with E-state index in [1.807, 2.05) is 6.92 Å². The highest BCUT2D eigenvalue weighted by Gasteiger charge is 2.26. The van der Waals surface area contributed by atoms with E-state index in [9.17, 15) is 19.8 Å². The number of esters is 1. The standard InChI is InChI=1S/C15H20O6.C2H6O/c1-2-3-8-20-14(18)12-7-5-4-6-11(12)13(9-16)15(19)21-10-17;1-3-2/h4-7,10,13,15-16,19H,2-3,8-9H2,1H3;1-2H3. The summed E-state index contributed by atoms with van der Waals surface area (Å²) in [5.74, 6) is -1.44. The number of unbranched alkanes of at least 4 members (excludes halogenated alkanes) is 1. The van der Waals surface area contributed by atoms with Gasteiger partial charge in [-0.15, -0.1) is 0 Å². The smallest absolute Gasteiger partial charge is 0.338 e. The molecule has 1 aromatic rings. The van der Waals surface area contributed by atoms with E-state index in [0.717, 1.165) is 12.8 Å². The Morgan fingerprint density at radius 1 is 1.29 bits per heavy atom. The highest BCUT2D eigenvalue weighted by molar-refractivity contribution is 5.91. The first-order valence-electron chi connectivity index (χ1n) is 7.61. The molecule has 2 unspecified atom stereocenters. The van der Waals surface area contributed by atoms with Crippen LogP contribution in [0.1, 0.15) is 41.6 Å². The van der Waals surface area contributed by atoms with Crippen LogP contribution < -0.4 is 0 Å². The molecule has 0 saturated carbocycles. The van der Waals surface area contributed by atoms with Gasteiger partial charge in [0, 0.05) is 14.2 Å².